The monoisotopic (exact) mass is 378 g/mol. The Hall–Kier alpha value is -2.74. The topological polar surface area (TPSA) is 88.4 Å². The van der Waals surface area contributed by atoms with Gasteiger partial charge in [-0.2, -0.15) is 0 Å². The summed E-state index contributed by atoms with van der Waals surface area (Å²) in [4.78, 5) is 28.9. The number of nitrogens with zero attached hydrogens (tertiary/aromatic N) is 3. The van der Waals surface area contributed by atoms with E-state index in [1.807, 2.05) is 0 Å². The van der Waals surface area contributed by atoms with E-state index in [4.69, 9.17) is 11.6 Å². The van der Waals surface area contributed by atoms with Crippen molar-refractivity contribution >= 4 is 34.7 Å². The van der Waals surface area contributed by atoms with Crippen molar-refractivity contribution in [3.05, 3.63) is 57.5 Å². The van der Waals surface area contributed by atoms with Crippen molar-refractivity contribution in [2.24, 2.45) is 5.92 Å². The van der Waals surface area contributed by atoms with Crippen LogP contribution in [0.25, 0.3) is 0 Å². The first-order valence-corrected chi connectivity index (χ1v) is 8.43. The minimum absolute atomic E-state index is 0.214. The van der Waals surface area contributed by atoms with Crippen LogP contribution in [0.15, 0.2) is 36.5 Å². The van der Waals surface area contributed by atoms with Crippen LogP contribution in [-0.2, 0) is 4.79 Å². The summed E-state index contributed by atoms with van der Waals surface area (Å²) in [5.41, 5.74) is 0.0175. The lowest BCUT2D eigenvalue weighted by Crippen LogP contribution is -2.41. The summed E-state index contributed by atoms with van der Waals surface area (Å²) in [6.07, 6.45) is 2.79. The van der Waals surface area contributed by atoms with E-state index < -0.39 is 10.7 Å². The quantitative estimate of drug-likeness (QED) is 0.648. The zero-order valence-corrected chi connectivity index (χ0v) is 14.4. The summed E-state index contributed by atoms with van der Waals surface area (Å²) in [6.45, 7) is 0.876. The first kappa shape index (κ1) is 18.1. The van der Waals surface area contributed by atoms with Gasteiger partial charge in [-0.15, -0.1) is 0 Å². The molecule has 0 radical (unpaired) electrons. The molecule has 0 bridgehead atoms. The first-order valence-electron chi connectivity index (χ1n) is 8.05. The molecule has 1 aromatic heterocycles. The van der Waals surface area contributed by atoms with Gasteiger partial charge < -0.3 is 10.2 Å². The molecule has 7 nitrogen and oxygen atoms in total. The highest BCUT2D eigenvalue weighted by Crippen LogP contribution is 2.32. The summed E-state index contributed by atoms with van der Waals surface area (Å²) in [7, 11) is 0. The standard InChI is InChI=1S/C17H16ClFN4O3/c18-12-3-6-16(20-9-12)21-17(24)11-2-1-7-22(10-11)14-5-4-13(19)8-15(14)23(25)26/h3-6,8-9,11H,1-2,7,10H2,(H,20,21,24). The van der Waals surface area contributed by atoms with Gasteiger partial charge in [0.05, 0.1) is 21.9 Å². The van der Waals surface area contributed by atoms with Gasteiger partial charge in [0.2, 0.25) is 5.91 Å². The Balaban J connectivity index is 1.74. The number of rotatable bonds is 4. The van der Waals surface area contributed by atoms with Gasteiger partial charge in [-0.3, -0.25) is 14.9 Å². The molecule has 1 N–H and O–H groups in total. The predicted molar refractivity (Wildman–Crippen MR) is 95.9 cm³/mol. The molecule has 1 saturated heterocycles. The van der Waals surface area contributed by atoms with E-state index in [9.17, 15) is 19.3 Å². The third kappa shape index (κ3) is 4.08. The van der Waals surface area contributed by atoms with Crippen LogP contribution in [0, 0.1) is 21.8 Å². The molecule has 0 saturated carbocycles. The number of hydrogen-bond acceptors (Lipinski definition) is 5. The molecule has 1 aliphatic rings. The van der Waals surface area contributed by atoms with Gasteiger partial charge in [-0.05, 0) is 37.1 Å². The van der Waals surface area contributed by atoms with E-state index in [0.717, 1.165) is 6.07 Å². The maximum atomic E-state index is 13.3. The van der Waals surface area contributed by atoms with Crippen molar-refractivity contribution in [3.8, 4) is 0 Å². The Bertz CT molecular complexity index is 831. The predicted octanol–water partition coefficient (Wildman–Crippen LogP) is 3.64. The van der Waals surface area contributed by atoms with E-state index in [1.165, 1.54) is 18.3 Å². The van der Waals surface area contributed by atoms with Crippen molar-refractivity contribution in [2.45, 2.75) is 12.8 Å². The number of nitrogens with one attached hydrogen (secondary N) is 1. The number of amides is 1. The molecule has 1 atom stereocenters. The second-order valence-corrected chi connectivity index (χ2v) is 6.46. The van der Waals surface area contributed by atoms with Crippen molar-refractivity contribution in [2.75, 3.05) is 23.3 Å². The van der Waals surface area contributed by atoms with Crippen LogP contribution in [0.4, 0.5) is 21.6 Å². The Morgan fingerprint density at radius 2 is 2.19 bits per heavy atom. The van der Waals surface area contributed by atoms with Gasteiger partial charge >= 0.3 is 0 Å². The molecule has 0 spiro atoms. The van der Waals surface area contributed by atoms with Crippen LogP contribution in [0.1, 0.15) is 12.8 Å². The van der Waals surface area contributed by atoms with E-state index in [2.05, 4.69) is 10.3 Å². The van der Waals surface area contributed by atoms with Crippen molar-refractivity contribution in [3.63, 3.8) is 0 Å². The van der Waals surface area contributed by atoms with E-state index in [0.29, 0.717) is 42.5 Å². The van der Waals surface area contributed by atoms with Crippen molar-refractivity contribution in [1.82, 2.24) is 4.98 Å². The number of carbonyl (C=O) groups is 1. The van der Waals surface area contributed by atoms with Crippen molar-refractivity contribution in [1.29, 1.82) is 0 Å². The fourth-order valence-corrected chi connectivity index (χ4v) is 3.11. The number of halogens is 2. The number of nitro groups is 1. The summed E-state index contributed by atoms with van der Waals surface area (Å²) in [5.74, 6) is -0.843. The van der Waals surface area contributed by atoms with Crippen LogP contribution >= 0.6 is 11.6 Å². The number of benzene rings is 1. The molecule has 1 amide bonds. The van der Waals surface area contributed by atoms with Gasteiger partial charge in [-0.1, -0.05) is 11.6 Å². The molecule has 136 valence electrons. The molecule has 9 heteroatoms. The zero-order valence-electron chi connectivity index (χ0n) is 13.7. The molecule has 1 fully saturated rings. The number of carbonyl (C=O) groups excluding carboxylic acids is 1. The highest BCUT2D eigenvalue weighted by molar-refractivity contribution is 6.30. The summed E-state index contributed by atoms with van der Waals surface area (Å²) in [6, 6.07) is 6.69. The lowest BCUT2D eigenvalue weighted by Gasteiger charge is -2.33. The van der Waals surface area contributed by atoms with Gasteiger partial charge in [-0.25, -0.2) is 9.37 Å². The van der Waals surface area contributed by atoms with Crippen molar-refractivity contribution < 1.29 is 14.1 Å². The number of hydrogen-bond donors (Lipinski definition) is 1. The van der Waals surface area contributed by atoms with E-state index >= 15 is 0 Å². The zero-order chi connectivity index (χ0) is 18.7. The smallest absolute Gasteiger partial charge is 0.295 e. The largest absolute Gasteiger partial charge is 0.365 e. The van der Waals surface area contributed by atoms with E-state index in [-0.39, 0.29) is 17.5 Å². The number of aromatic nitrogens is 1. The highest BCUT2D eigenvalue weighted by atomic mass is 35.5. The number of pyridine rings is 1. The summed E-state index contributed by atoms with van der Waals surface area (Å²) in [5, 5.41) is 14.4. The van der Waals surface area contributed by atoms with Crippen LogP contribution in [0.2, 0.25) is 5.02 Å². The van der Waals surface area contributed by atoms with Crippen LogP contribution in [0.3, 0.4) is 0 Å². The van der Waals surface area contributed by atoms with E-state index in [1.54, 1.807) is 17.0 Å². The molecule has 26 heavy (non-hydrogen) atoms. The second kappa shape index (κ2) is 7.65. The number of nitro benzene ring substituents is 1. The Kier molecular flexibility index (Phi) is 5.32. The molecule has 3 rings (SSSR count). The molecule has 1 aliphatic heterocycles. The Morgan fingerprint density at radius 1 is 1.38 bits per heavy atom. The lowest BCUT2D eigenvalue weighted by molar-refractivity contribution is -0.384. The maximum absolute atomic E-state index is 13.3. The van der Waals surface area contributed by atoms with Crippen LogP contribution in [0.5, 0.6) is 0 Å². The third-order valence-electron chi connectivity index (χ3n) is 4.25. The average Bonchev–Trinajstić information content (AvgIpc) is 2.63. The maximum Gasteiger partial charge on any atom is 0.295 e. The first-order chi connectivity index (χ1) is 12.4. The molecule has 2 aromatic rings. The highest BCUT2D eigenvalue weighted by Gasteiger charge is 2.29. The fraction of sp³-hybridized carbons (Fsp3) is 0.294. The molecular formula is C17H16ClFN4O3. The Morgan fingerprint density at radius 3 is 2.88 bits per heavy atom. The second-order valence-electron chi connectivity index (χ2n) is 6.03. The minimum atomic E-state index is -0.666. The molecule has 2 heterocycles. The molecule has 1 unspecified atom stereocenters. The van der Waals surface area contributed by atoms with Crippen LogP contribution in [-0.4, -0.2) is 28.9 Å². The summed E-state index contributed by atoms with van der Waals surface area (Å²) >= 11 is 5.77. The number of piperidine rings is 1. The normalized spacial score (nSPS) is 17.0. The summed E-state index contributed by atoms with van der Waals surface area (Å²) < 4.78 is 13.3. The van der Waals surface area contributed by atoms with Gasteiger partial charge in [0.15, 0.2) is 0 Å². The van der Waals surface area contributed by atoms with Gasteiger partial charge in [0.1, 0.15) is 17.3 Å². The SMILES string of the molecule is O=C(Nc1ccc(Cl)cn1)C1CCCN(c2ccc(F)cc2[N+](=O)[O-])C1. The molecule has 0 aliphatic carbocycles. The lowest BCUT2D eigenvalue weighted by atomic mass is 9.96. The average molecular weight is 379 g/mol. The fourth-order valence-electron chi connectivity index (χ4n) is 3.00. The van der Waals surface area contributed by atoms with Gasteiger partial charge in [0.25, 0.3) is 5.69 Å². The van der Waals surface area contributed by atoms with Crippen LogP contribution < -0.4 is 10.2 Å². The number of anilines is 2. The van der Waals surface area contributed by atoms with Gasteiger partial charge in [0, 0.05) is 19.3 Å². The third-order valence-corrected chi connectivity index (χ3v) is 4.47. The molecular weight excluding hydrogens is 363 g/mol. The minimum Gasteiger partial charge on any atom is -0.365 e. The molecule has 1 aromatic carbocycles. The Labute approximate surface area is 153 Å².